The van der Waals surface area contributed by atoms with Crippen LogP contribution in [-0.4, -0.2) is 20.7 Å². The molecule has 0 saturated carbocycles. The van der Waals surface area contributed by atoms with Crippen molar-refractivity contribution in [2.75, 3.05) is 0 Å². The molecule has 2 aromatic carbocycles. The van der Waals surface area contributed by atoms with Gasteiger partial charge in [-0.15, -0.1) is 10.2 Å². The number of aromatic nitrogens is 3. The van der Waals surface area contributed by atoms with Gasteiger partial charge in [0.25, 0.3) is 5.91 Å². The van der Waals surface area contributed by atoms with Crippen LogP contribution in [0.5, 0.6) is 0 Å². The van der Waals surface area contributed by atoms with E-state index < -0.39 is 0 Å². The molecule has 1 amide bonds. The second kappa shape index (κ2) is 9.26. The Hall–Kier alpha value is -2.31. The number of carbonyl (C=O) groups is 1. The van der Waals surface area contributed by atoms with Gasteiger partial charge < -0.3 is 9.88 Å². The molecule has 3 rings (SSSR count). The maximum atomic E-state index is 12.6. The fourth-order valence-electron chi connectivity index (χ4n) is 2.79. The predicted molar refractivity (Wildman–Crippen MR) is 114 cm³/mol. The van der Waals surface area contributed by atoms with Gasteiger partial charge in [0.15, 0.2) is 11.0 Å². The number of amides is 1. The molecule has 146 valence electrons. The number of hydrogen-bond donors (Lipinski definition) is 1. The SMILES string of the molecule is CC(C)[C@H](NC(=O)c1ccccc1)c1nnc(SCc2ccc(Cl)cc2)n1C. The van der Waals surface area contributed by atoms with Gasteiger partial charge in [-0.25, -0.2) is 0 Å². The normalized spacial score (nSPS) is 12.2. The average molecular weight is 415 g/mol. The van der Waals surface area contributed by atoms with Gasteiger partial charge in [-0.1, -0.05) is 67.5 Å². The lowest BCUT2D eigenvalue weighted by molar-refractivity contribution is 0.0922. The van der Waals surface area contributed by atoms with E-state index in [1.807, 2.05) is 54.1 Å². The molecular formula is C21H23ClN4OS. The van der Waals surface area contributed by atoms with E-state index in [1.54, 1.807) is 23.9 Å². The summed E-state index contributed by atoms with van der Waals surface area (Å²) in [5, 5.41) is 13.3. The van der Waals surface area contributed by atoms with Crippen LogP contribution in [0.4, 0.5) is 0 Å². The van der Waals surface area contributed by atoms with Crippen molar-refractivity contribution < 1.29 is 4.79 Å². The van der Waals surface area contributed by atoms with Gasteiger partial charge in [-0.05, 0) is 35.7 Å². The van der Waals surface area contributed by atoms with Crippen LogP contribution in [0.1, 0.15) is 41.6 Å². The van der Waals surface area contributed by atoms with Gasteiger partial charge in [0.05, 0.1) is 6.04 Å². The van der Waals surface area contributed by atoms with E-state index in [4.69, 9.17) is 11.6 Å². The lowest BCUT2D eigenvalue weighted by Gasteiger charge is -2.21. The molecule has 0 fully saturated rings. The summed E-state index contributed by atoms with van der Waals surface area (Å²) in [6.07, 6.45) is 0. The zero-order valence-electron chi connectivity index (χ0n) is 16.1. The van der Waals surface area contributed by atoms with Gasteiger partial charge in [0.1, 0.15) is 0 Å². The highest BCUT2D eigenvalue weighted by Crippen LogP contribution is 2.26. The molecule has 1 heterocycles. The van der Waals surface area contributed by atoms with Crippen molar-refractivity contribution in [1.29, 1.82) is 0 Å². The molecule has 1 aromatic heterocycles. The monoisotopic (exact) mass is 414 g/mol. The molecule has 0 aliphatic carbocycles. The summed E-state index contributed by atoms with van der Waals surface area (Å²) in [7, 11) is 1.93. The van der Waals surface area contributed by atoms with Gasteiger partial charge in [-0.2, -0.15) is 0 Å². The number of rotatable bonds is 7. The molecular weight excluding hydrogens is 392 g/mol. The number of nitrogens with one attached hydrogen (secondary N) is 1. The minimum Gasteiger partial charge on any atom is -0.342 e. The number of benzene rings is 2. The summed E-state index contributed by atoms with van der Waals surface area (Å²) in [6.45, 7) is 4.12. The van der Waals surface area contributed by atoms with E-state index in [0.29, 0.717) is 5.56 Å². The van der Waals surface area contributed by atoms with Crippen molar-refractivity contribution in [3.8, 4) is 0 Å². The Labute approximate surface area is 174 Å². The highest BCUT2D eigenvalue weighted by molar-refractivity contribution is 7.98. The van der Waals surface area contributed by atoms with Gasteiger partial charge in [0, 0.05) is 23.4 Å². The molecule has 0 aliphatic rings. The minimum atomic E-state index is -0.227. The first-order chi connectivity index (χ1) is 13.5. The molecule has 0 spiro atoms. The second-order valence-electron chi connectivity index (χ2n) is 6.88. The van der Waals surface area contributed by atoms with Crippen molar-refractivity contribution >= 4 is 29.3 Å². The summed E-state index contributed by atoms with van der Waals surface area (Å²) < 4.78 is 1.95. The Morgan fingerprint density at radius 2 is 1.79 bits per heavy atom. The molecule has 3 aromatic rings. The van der Waals surface area contributed by atoms with Gasteiger partial charge in [0.2, 0.25) is 0 Å². The first kappa shape index (κ1) is 20.4. The molecule has 0 bridgehead atoms. The molecule has 0 unspecified atom stereocenters. The number of halogens is 1. The minimum absolute atomic E-state index is 0.113. The van der Waals surface area contributed by atoms with E-state index in [-0.39, 0.29) is 17.9 Å². The molecule has 1 atom stereocenters. The van der Waals surface area contributed by atoms with Crippen LogP contribution >= 0.6 is 23.4 Å². The number of thioether (sulfide) groups is 1. The molecule has 0 aliphatic heterocycles. The van der Waals surface area contributed by atoms with Crippen molar-refractivity contribution in [3.63, 3.8) is 0 Å². The molecule has 28 heavy (non-hydrogen) atoms. The smallest absolute Gasteiger partial charge is 0.251 e. The highest BCUT2D eigenvalue weighted by atomic mass is 35.5. The zero-order valence-corrected chi connectivity index (χ0v) is 17.7. The van der Waals surface area contributed by atoms with Crippen LogP contribution in [0.3, 0.4) is 0 Å². The third-order valence-electron chi connectivity index (χ3n) is 4.42. The van der Waals surface area contributed by atoms with Crippen LogP contribution in [0.25, 0.3) is 0 Å². The first-order valence-electron chi connectivity index (χ1n) is 9.08. The Kier molecular flexibility index (Phi) is 6.75. The van der Waals surface area contributed by atoms with E-state index in [1.165, 1.54) is 0 Å². The molecule has 0 radical (unpaired) electrons. The standard InChI is InChI=1S/C21H23ClN4OS/c1-14(2)18(23-20(27)16-7-5-4-6-8-16)19-24-25-21(26(19)3)28-13-15-9-11-17(22)12-10-15/h4-12,14,18H,13H2,1-3H3,(H,23,27)/t18-/m0/s1. The number of nitrogens with zero attached hydrogens (tertiary/aromatic N) is 3. The third kappa shape index (κ3) is 4.94. The summed E-state index contributed by atoms with van der Waals surface area (Å²) in [4.78, 5) is 12.6. The average Bonchev–Trinajstić information content (AvgIpc) is 3.06. The first-order valence-corrected chi connectivity index (χ1v) is 10.4. The van der Waals surface area contributed by atoms with Gasteiger partial charge >= 0.3 is 0 Å². The van der Waals surface area contributed by atoms with Crippen LogP contribution in [0.15, 0.2) is 59.8 Å². The molecule has 0 saturated heterocycles. The topological polar surface area (TPSA) is 59.8 Å². The maximum absolute atomic E-state index is 12.6. The van der Waals surface area contributed by atoms with E-state index in [2.05, 4.69) is 29.4 Å². The van der Waals surface area contributed by atoms with Gasteiger partial charge in [-0.3, -0.25) is 4.79 Å². The summed E-state index contributed by atoms with van der Waals surface area (Å²) in [6, 6.07) is 16.8. The van der Waals surface area contributed by atoms with E-state index in [9.17, 15) is 4.79 Å². The van der Waals surface area contributed by atoms with E-state index in [0.717, 1.165) is 27.3 Å². The lowest BCUT2D eigenvalue weighted by Crippen LogP contribution is -2.33. The fourth-order valence-corrected chi connectivity index (χ4v) is 3.79. The Morgan fingerprint density at radius 1 is 1.11 bits per heavy atom. The van der Waals surface area contributed by atoms with Crippen LogP contribution in [0.2, 0.25) is 5.02 Å². The summed E-state index contributed by atoms with van der Waals surface area (Å²) in [5.41, 5.74) is 1.80. The van der Waals surface area contributed by atoms with Crippen molar-refractivity contribution in [2.45, 2.75) is 30.8 Å². The molecule has 5 nitrogen and oxygen atoms in total. The maximum Gasteiger partial charge on any atom is 0.251 e. The summed E-state index contributed by atoms with van der Waals surface area (Å²) >= 11 is 7.54. The second-order valence-corrected chi connectivity index (χ2v) is 8.26. The predicted octanol–water partition coefficient (Wildman–Crippen LogP) is 4.89. The quantitative estimate of drug-likeness (QED) is 0.559. The third-order valence-corrected chi connectivity index (χ3v) is 5.76. The Bertz CT molecular complexity index is 925. The Balaban J connectivity index is 1.73. The van der Waals surface area contributed by atoms with Crippen molar-refractivity contribution in [3.05, 3.63) is 76.6 Å². The molecule has 7 heteroatoms. The highest BCUT2D eigenvalue weighted by Gasteiger charge is 2.25. The fraction of sp³-hybridized carbons (Fsp3) is 0.286. The van der Waals surface area contributed by atoms with Crippen molar-refractivity contribution in [2.24, 2.45) is 13.0 Å². The lowest BCUT2D eigenvalue weighted by atomic mass is 10.0. The number of hydrogen-bond acceptors (Lipinski definition) is 4. The van der Waals surface area contributed by atoms with Crippen LogP contribution in [-0.2, 0) is 12.8 Å². The van der Waals surface area contributed by atoms with Crippen LogP contribution < -0.4 is 5.32 Å². The summed E-state index contributed by atoms with van der Waals surface area (Å²) in [5.74, 6) is 1.58. The van der Waals surface area contributed by atoms with Crippen LogP contribution in [0, 0.1) is 5.92 Å². The molecule has 1 N–H and O–H groups in total. The van der Waals surface area contributed by atoms with E-state index >= 15 is 0 Å². The van der Waals surface area contributed by atoms with Crippen molar-refractivity contribution in [1.82, 2.24) is 20.1 Å². The Morgan fingerprint density at radius 3 is 2.43 bits per heavy atom. The largest absolute Gasteiger partial charge is 0.342 e. The zero-order chi connectivity index (χ0) is 20.1. The number of carbonyl (C=O) groups excluding carboxylic acids is 1.